The number of benzene rings is 1. The second-order valence-electron chi connectivity index (χ2n) is 5.10. The smallest absolute Gasteiger partial charge is 0.253 e. The summed E-state index contributed by atoms with van der Waals surface area (Å²) in [5, 5.41) is 1.37. The average Bonchev–Trinajstić information content (AvgIpc) is 3.07. The predicted octanol–water partition coefficient (Wildman–Crippen LogP) is 2.11. The molecule has 4 nitrogen and oxygen atoms in total. The summed E-state index contributed by atoms with van der Waals surface area (Å²) in [5.41, 5.74) is 6.76. The van der Waals surface area contributed by atoms with E-state index in [1.165, 1.54) is 5.06 Å². The van der Waals surface area contributed by atoms with E-state index < -0.39 is 0 Å². The van der Waals surface area contributed by atoms with Crippen LogP contribution < -0.4 is 10.8 Å². The minimum Gasteiger partial charge on any atom is -0.397 e. The molecule has 0 bridgehead atoms. The van der Waals surface area contributed by atoms with Gasteiger partial charge in [0.05, 0.1) is 17.8 Å². The summed E-state index contributed by atoms with van der Waals surface area (Å²) < 4.78 is 0. The van der Waals surface area contributed by atoms with Crippen molar-refractivity contribution >= 4 is 17.3 Å². The van der Waals surface area contributed by atoms with Crippen molar-refractivity contribution in [3.63, 3.8) is 0 Å². The summed E-state index contributed by atoms with van der Waals surface area (Å²) in [6, 6.07) is 7.29. The predicted molar refractivity (Wildman–Crippen MR) is 65.2 cm³/mol. The van der Waals surface area contributed by atoms with Gasteiger partial charge in [-0.25, -0.2) is 0 Å². The van der Waals surface area contributed by atoms with E-state index in [9.17, 15) is 4.79 Å². The first-order valence-electron chi connectivity index (χ1n) is 5.97. The first kappa shape index (κ1) is 10.6. The molecule has 90 valence electrons. The number of rotatable bonds is 2. The SMILES string of the molecule is CC1(C2CC2)CC(=O)N(c2ccccc2N)O1. The lowest BCUT2D eigenvalue weighted by Gasteiger charge is -2.24. The Labute approximate surface area is 100 Å². The summed E-state index contributed by atoms with van der Waals surface area (Å²) in [6.45, 7) is 2.02. The van der Waals surface area contributed by atoms with Crippen molar-refractivity contribution in [3.8, 4) is 0 Å². The van der Waals surface area contributed by atoms with Gasteiger partial charge in [-0.1, -0.05) is 12.1 Å². The van der Waals surface area contributed by atoms with Crippen LogP contribution in [0.3, 0.4) is 0 Å². The highest BCUT2D eigenvalue weighted by atomic mass is 16.7. The van der Waals surface area contributed by atoms with Crippen LogP contribution in [0.25, 0.3) is 0 Å². The van der Waals surface area contributed by atoms with E-state index in [-0.39, 0.29) is 11.5 Å². The van der Waals surface area contributed by atoms with Gasteiger partial charge in [0.2, 0.25) is 0 Å². The summed E-state index contributed by atoms with van der Waals surface area (Å²) in [7, 11) is 0. The standard InChI is InChI=1S/C13H16N2O2/c1-13(9-6-7-9)8-12(16)15(17-13)11-5-3-2-4-10(11)14/h2-5,9H,6-8,14H2,1H3. The molecule has 3 rings (SSSR count). The Morgan fingerprint density at radius 3 is 2.76 bits per heavy atom. The minimum absolute atomic E-state index is 0.00250. The van der Waals surface area contributed by atoms with Crippen LogP contribution in [0.5, 0.6) is 0 Å². The van der Waals surface area contributed by atoms with Gasteiger partial charge in [0.25, 0.3) is 5.91 Å². The van der Waals surface area contributed by atoms with Crippen LogP contribution in [-0.4, -0.2) is 11.5 Å². The van der Waals surface area contributed by atoms with Crippen LogP contribution in [0.1, 0.15) is 26.2 Å². The first-order chi connectivity index (χ1) is 8.10. The summed E-state index contributed by atoms with van der Waals surface area (Å²) >= 11 is 0. The molecule has 1 saturated carbocycles. The number of nitrogens with zero attached hydrogens (tertiary/aromatic N) is 1. The Kier molecular flexibility index (Phi) is 2.16. The van der Waals surface area contributed by atoms with E-state index in [0.29, 0.717) is 23.7 Å². The average molecular weight is 232 g/mol. The molecule has 1 unspecified atom stereocenters. The lowest BCUT2D eigenvalue weighted by atomic mass is 9.97. The fourth-order valence-corrected chi connectivity index (χ4v) is 2.43. The molecule has 2 aliphatic rings. The summed E-state index contributed by atoms with van der Waals surface area (Å²) in [5.74, 6) is 0.513. The van der Waals surface area contributed by atoms with Crippen LogP contribution in [0.2, 0.25) is 0 Å². The molecule has 2 N–H and O–H groups in total. The maximum atomic E-state index is 12.0. The number of hydrogen-bond donors (Lipinski definition) is 1. The highest BCUT2D eigenvalue weighted by Gasteiger charge is 2.51. The molecular weight excluding hydrogens is 216 g/mol. The summed E-state index contributed by atoms with van der Waals surface area (Å²) in [4.78, 5) is 17.9. The zero-order valence-corrected chi connectivity index (χ0v) is 9.85. The number of hydroxylamine groups is 1. The number of amides is 1. The van der Waals surface area contributed by atoms with E-state index in [4.69, 9.17) is 10.6 Å². The molecule has 0 radical (unpaired) electrons. The highest BCUT2D eigenvalue weighted by molar-refractivity contribution is 5.96. The molecular formula is C13H16N2O2. The van der Waals surface area contributed by atoms with Crippen LogP contribution in [-0.2, 0) is 9.63 Å². The Morgan fingerprint density at radius 2 is 2.12 bits per heavy atom. The van der Waals surface area contributed by atoms with E-state index in [1.807, 2.05) is 25.1 Å². The van der Waals surface area contributed by atoms with Gasteiger partial charge in [0, 0.05) is 0 Å². The largest absolute Gasteiger partial charge is 0.397 e. The number of carbonyl (C=O) groups excluding carboxylic acids is 1. The maximum absolute atomic E-state index is 12.0. The summed E-state index contributed by atoms with van der Waals surface area (Å²) in [6.07, 6.45) is 2.76. The van der Waals surface area contributed by atoms with E-state index >= 15 is 0 Å². The molecule has 4 heteroatoms. The third kappa shape index (κ3) is 1.69. The zero-order valence-electron chi connectivity index (χ0n) is 9.85. The second-order valence-corrected chi connectivity index (χ2v) is 5.10. The van der Waals surface area contributed by atoms with Gasteiger partial charge in [-0.3, -0.25) is 9.63 Å². The Hall–Kier alpha value is -1.55. The van der Waals surface area contributed by atoms with Gasteiger partial charge < -0.3 is 5.73 Å². The zero-order chi connectivity index (χ0) is 12.0. The van der Waals surface area contributed by atoms with Crippen LogP contribution in [0.15, 0.2) is 24.3 Å². The third-order valence-corrected chi connectivity index (χ3v) is 3.63. The number of nitrogen functional groups attached to an aromatic ring is 1. The van der Waals surface area contributed by atoms with Crippen molar-refractivity contribution in [2.75, 3.05) is 10.8 Å². The molecule has 17 heavy (non-hydrogen) atoms. The van der Waals surface area contributed by atoms with Crippen LogP contribution >= 0.6 is 0 Å². The Bertz CT molecular complexity index is 470. The van der Waals surface area contributed by atoms with Crippen molar-refractivity contribution < 1.29 is 9.63 Å². The molecule has 1 heterocycles. The van der Waals surface area contributed by atoms with Crippen molar-refractivity contribution in [2.24, 2.45) is 5.92 Å². The molecule has 1 aliphatic carbocycles. The Balaban J connectivity index is 1.90. The maximum Gasteiger partial charge on any atom is 0.253 e. The monoisotopic (exact) mass is 232 g/mol. The highest BCUT2D eigenvalue weighted by Crippen LogP contribution is 2.48. The fraction of sp³-hybridized carbons (Fsp3) is 0.462. The van der Waals surface area contributed by atoms with Gasteiger partial charge >= 0.3 is 0 Å². The molecule has 1 atom stereocenters. The number of carbonyl (C=O) groups is 1. The normalized spacial score (nSPS) is 28.8. The molecule has 1 saturated heterocycles. The van der Waals surface area contributed by atoms with Gasteiger partial charge in [0.15, 0.2) is 0 Å². The second kappa shape index (κ2) is 3.47. The van der Waals surface area contributed by atoms with Crippen molar-refractivity contribution in [3.05, 3.63) is 24.3 Å². The van der Waals surface area contributed by atoms with Crippen molar-refractivity contribution in [2.45, 2.75) is 31.8 Å². The van der Waals surface area contributed by atoms with Gasteiger partial charge in [0.1, 0.15) is 5.60 Å². The van der Waals surface area contributed by atoms with E-state index in [0.717, 1.165) is 12.8 Å². The van der Waals surface area contributed by atoms with Gasteiger partial charge in [-0.15, -0.1) is 0 Å². The minimum atomic E-state index is -0.334. The van der Waals surface area contributed by atoms with Crippen molar-refractivity contribution in [1.29, 1.82) is 0 Å². The van der Waals surface area contributed by atoms with Gasteiger partial charge in [-0.2, -0.15) is 5.06 Å². The molecule has 0 aromatic heterocycles. The van der Waals surface area contributed by atoms with Crippen molar-refractivity contribution in [1.82, 2.24) is 0 Å². The van der Waals surface area contributed by atoms with E-state index in [2.05, 4.69) is 0 Å². The van der Waals surface area contributed by atoms with Gasteiger partial charge in [-0.05, 0) is 37.8 Å². The molecule has 1 aliphatic heterocycles. The fourth-order valence-electron chi connectivity index (χ4n) is 2.43. The van der Waals surface area contributed by atoms with E-state index in [1.54, 1.807) is 6.07 Å². The molecule has 1 amide bonds. The molecule has 2 fully saturated rings. The topological polar surface area (TPSA) is 55.6 Å². The number of nitrogens with two attached hydrogens (primary N) is 1. The molecule has 1 aromatic rings. The lowest BCUT2D eigenvalue weighted by molar-refractivity contribution is -0.119. The number of anilines is 2. The number of hydrogen-bond acceptors (Lipinski definition) is 3. The lowest BCUT2D eigenvalue weighted by Crippen LogP contribution is -2.30. The van der Waals surface area contributed by atoms with Crippen LogP contribution in [0, 0.1) is 5.92 Å². The van der Waals surface area contributed by atoms with Crippen LogP contribution in [0.4, 0.5) is 11.4 Å². The third-order valence-electron chi connectivity index (χ3n) is 3.63. The molecule has 0 spiro atoms. The number of para-hydroxylation sites is 2. The Morgan fingerprint density at radius 1 is 1.41 bits per heavy atom. The molecule has 1 aromatic carbocycles. The quantitative estimate of drug-likeness (QED) is 0.794. The first-order valence-corrected chi connectivity index (χ1v) is 5.97.